The third-order valence-corrected chi connectivity index (χ3v) is 6.46. The number of ether oxygens (including phenoxy) is 2. The van der Waals surface area contributed by atoms with E-state index in [1.165, 1.54) is 6.92 Å². The molecule has 0 aliphatic carbocycles. The number of carbonyl (C=O) groups is 3. The minimum Gasteiger partial charge on any atom is -0.488 e. The maximum Gasteiger partial charge on any atom is 0.329 e. The second-order valence-corrected chi connectivity index (χ2v) is 9.44. The molecule has 1 atom stereocenters. The van der Waals surface area contributed by atoms with E-state index >= 15 is 0 Å². The number of amides is 2. The maximum absolute atomic E-state index is 12.8. The monoisotopic (exact) mass is 557 g/mol. The van der Waals surface area contributed by atoms with Gasteiger partial charge in [-0.1, -0.05) is 45.2 Å². The zero-order chi connectivity index (χ0) is 23.4. The van der Waals surface area contributed by atoms with Crippen molar-refractivity contribution in [3.8, 4) is 5.75 Å². The van der Waals surface area contributed by atoms with Gasteiger partial charge in [-0.05, 0) is 62.0 Å². The highest BCUT2D eigenvalue weighted by Crippen LogP contribution is 2.36. The van der Waals surface area contributed by atoms with Crippen LogP contribution >= 0.6 is 50.9 Å². The zero-order valence-electron chi connectivity index (χ0n) is 17.1. The average molecular weight is 559 g/mol. The first kappa shape index (κ1) is 24.6. The summed E-state index contributed by atoms with van der Waals surface area (Å²) in [6.45, 7) is 3.45. The van der Waals surface area contributed by atoms with Gasteiger partial charge >= 0.3 is 5.97 Å². The van der Waals surface area contributed by atoms with Crippen molar-refractivity contribution in [1.82, 2.24) is 4.90 Å². The number of hydrogen-bond acceptors (Lipinski definition) is 6. The highest BCUT2D eigenvalue weighted by Gasteiger charge is 2.41. The lowest BCUT2D eigenvalue weighted by Crippen LogP contribution is -2.42. The Bertz CT molecular complexity index is 1110. The fourth-order valence-corrected chi connectivity index (χ4v) is 4.62. The Kier molecular flexibility index (Phi) is 8.27. The van der Waals surface area contributed by atoms with Gasteiger partial charge in [-0.2, -0.15) is 0 Å². The molecule has 10 heteroatoms. The molecule has 168 valence electrons. The molecule has 32 heavy (non-hydrogen) atoms. The molecule has 0 aromatic heterocycles. The van der Waals surface area contributed by atoms with Crippen LogP contribution in [-0.2, 0) is 20.9 Å². The number of rotatable bonds is 7. The van der Waals surface area contributed by atoms with E-state index in [1.54, 1.807) is 49.4 Å². The van der Waals surface area contributed by atoms with E-state index in [1.807, 2.05) is 0 Å². The van der Waals surface area contributed by atoms with Crippen molar-refractivity contribution in [1.29, 1.82) is 0 Å². The van der Waals surface area contributed by atoms with Crippen LogP contribution in [0.3, 0.4) is 0 Å². The van der Waals surface area contributed by atoms with Crippen LogP contribution in [0.5, 0.6) is 5.75 Å². The normalized spacial score (nSPS) is 15.9. The van der Waals surface area contributed by atoms with Crippen LogP contribution in [0, 0.1) is 0 Å². The molecule has 3 rings (SSSR count). The van der Waals surface area contributed by atoms with E-state index in [0.29, 0.717) is 21.4 Å². The third-order valence-electron chi connectivity index (χ3n) is 4.50. The van der Waals surface area contributed by atoms with Gasteiger partial charge < -0.3 is 9.47 Å². The molecular weight excluding hydrogens is 541 g/mol. The van der Waals surface area contributed by atoms with E-state index in [4.69, 9.17) is 32.7 Å². The summed E-state index contributed by atoms with van der Waals surface area (Å²) in [5.74, 6) is -0.709. The molecule has 0 saturated carbocycles. The maximum atomic E-state index is 12.8. The molecule has 1 heterocycles. The molecule has 0 bridgehead atoms. The van der Waals surface area contributed by atoms with Crippen molar-refractivity contribution in [3.05, 3.63) is 66.9 Å². The predicted molar refractivity (Wildman–Crippen MR) is 129 cm³/mol. The molecule has 1 aliphatic heterocycles. The van der Waals surface area contributed by atoms with Gasteiger partial charge in [-0.3, -0.25) is 14.5 Å². The first-order valence-corrected chi connectivity index (χ1v) is 11.9. The summed E-state index contributed by atoms with van der Waals surface area (Å²) >= 11 is 16.3. The number of thioether (sulfide) groups is 1. The molecule has 2 amide bonds. The van der Waals surface area contributed by atoms with Gasteiger partial charge in [0.25, 0.3) is 11.1 Å². The SMILES string of the molecule is CCOC(=O)[C@H](C)N1C(=O)S/C(=C/c2cc(Br)ccc2OCc2ccc(Cl)cc2Cl)C1=O. The van der Waals surface area contributed by atoms with Crippen LogP contribution in [0.4, 0.5) is 4.79 Å². The predicted octanol–water partition coefficient (Wildman–Crippen LogP) is 6.32. The van der Waals surface area contributed by atoms with Gasteiger partial charge in [-0.25, -0.2) is 4.79 Å². The Morgan fingerprint density at radius 3 is 2.66 bits per heavy atom. The Morgan fingerprint density at radius 1 is 1.22 bits per heavy atom. The summed E-state index contributed by atoms with van der Waals surface area (Å²) in [7, 11) is 0. The second-order valence-electron chi connectivity index (χ2n) is 6.69. The van der Waals surface area contributed by atoms with Gasteiger partial charge in [0, 0.05) is 25.6 Å². The summed E-state index contributed by atoms with van der Waals surface area (Å²) < 4.78 is 11.6. The Labute approximate surface area is 208 Å². The highest BCUT2D eigenvalue weighted by molar-refractivity contribution is 9.10. The smallest absolute Gasteiger partial charge is 0.329 e. The number of halogens is 3. The molecule has 1 fully saturated rings. The van der Waals surface area contributed by atoms with Crippen molar-refractivity contribution in [3.63, 3.8) is 0 Å². The largest absolute Gasteiger partial charge is 0.488 e. The highest BCUT2D eigenvalue weighted by atomic mass is 79.9. The zero-order valence-corrected chi connectivity index (χ0v) is 21.0. The first-order chi connectivity index (χ1) is 15.2. The average Bonchev–Trinajstić information content (AvgIpc) is 3.01. The molecule has 0 radical (unpaired) electrons. The van der Waals surface area contributed by atoms with Crippen LogP contribution < -0.4 is 4.74 Å². The Balaban J connectivity index is 1.85. The fraction of sp³-hybridized carbons (Fsp3) is 0.227. The quantitative estimate of drug-likeness (QED) is 0.292. The summed E-state index contributed by atoms with van der Waals surface area (Å²) in [5, 5.41) is 0.466. The Hall–Kier alpha value is -2.00. The van der Waals surface area contributed by atoms with Crippen LogP contribution in [0.1, 0.15) is 25.0 Å². The second kappa shape index (κ2) is 10.7. The Morgan fingerprint density at radius 2 is 1.97 bits per heavy atom. The van der Waals surface area contributed by atoms with Crippen LogP contribution in [0.2, 0.25) is 10.0 Å². The summed E-state index contributed by atoms with van der Waals surface area (Å²) in [6.07, 6.45) is 1.56. The van der Waals surface area contributed by atoms with Crippen molar-refractivity contribution in [2.45, 2.75) is 26.5 Å². The van der Waals surface area contributed by atoms with Gasteiger partial charge in [0.2, 0.25) is 0 Å². The van der Waals surface area contributed by atoms with Crippen LogP contribution in [0.15, 0.2) is 45.8 Å². The van der Waals surface area contributed by atoms with Gasteiger partial charge in [0.1, 0.15) is 18.4 Å². The summed E-state index contributed by atoms with van der Waals surface area (Å²) in [6, 6.07) is 9.40. The number of nitrogens with zero attached hydrogens (tertiary/aromatic N) is 1. The topological polar surface area (TPSA) is 72.9 Å². The van der Waals surface area contributed by atoms with E-state index < -0.39 is 23.2 Å². The molecule has 1 saturated heterocycles. The van der Waals surface area contributed by atoms with E-state index in [0.717, 1.165) is 26.7 Å². The summed E-state index contributed by atoms with van der Waals surface area (Å²) in [4.78, 5) is 38.4. The number of esters is 1. The number of benzene rings is 2. The lowest BCUT2D eigenvalue weighted by atomic mass is 10.1. The first-order valence-electron chi connectivity index (χ1n) is 9.51. The third kappa shape index (κ3) is 5.67. The molecule has 2 aromatic rings. The van der Waals surface area contributed by atoms with Crippen molar-refractivity contribution in [2.75, 3.05) is 6.61 Å². The number of imide groups is 1. The van der Waals surface area contributed by atoms with E-state index in [2.05, 4.69) is 15.9 Å². The van der Waals surface area contributed by atoms with Crippen molar-refractivity contribution >= 4 is 74.1 Å². The van der Waals surface area contributed by atoms with E-state index in [-0.39, 0.29) is 18.1 Å². The minimum atomic E-state index is -1.02. The van der Waals surface area contributed by atoms with Gasteiger partial charge in [0.05, 0.1) is 11.5 Å². The molecule has 6 nitrogen and oxygen atoms in total. The molecule has 2 aromatic carbocycles. The molecule has 1 aliphatic rings. The van der Waals surface area contributed by atoms with Gasteiger partial charge in [-0.15, -0.1) is 0 Å². The molecule has 0 spiro atoms. The van der Waals surface area contributed by atoms with Crippen molar-refractivity contribution < 1.29 is 23.9 Å². The van der Waals surface area contributed by atoms with Crippen molar-refractivity contribution in [2.24, 2.45) is 0 Å². The van der Waals surface area contributed by atoms with Crippen LogP contribution in [0.25, 0.3) is 6.08 Å². The molecular formula is C22H18BrCl2NO5S. The standard InChI is InChI=1S/C22H18BrCl2NO5S/c1-3-30-21(28)12(2)26-20(27)19(32-22(26)29)9-14-8-15(23)5-7-18(14)31-11-13-4-6-16(24)10-17(13)25/h4-10,12H,3,11H2,1-2H3/b19-9+/t12-/m0/s1. The van der Waals surface area contributed by atoms with E-state index in [9.17, 15) is 14.4 Å². The summed E-state index contributed by atoms with van der Waals surface area (Å²) in [5.41, 5.74) is 1.33. The van der Waals surface area contributed by atoms with Crippen LogP contribution in [-0.4, -0.2) is 34.7 Å². The number of hydrogen-bond donors (Lipinski definition) is 0. The molecule has 0 unspecified atom stereocenters. The minimum absolute atomic E-state index is 0.158. The molecule has 0 N–H and O–H groups in total. The number of carbonyl (C=O) groups excluding carboxylic acids is 3. The fourth-order valence-electron chi connectivity index (χ4n) is 2.88. The lowest BCUT2D eigenvalue weighted by Gasteiger charge is -2.19. The lowest BCUT2D eigenvalue weighted by molar-refractivity contribution is -0.150. The van der Waals surface area contributed by atoms with Gasteiger partial charge in [0.15, 0.2) is 0 Å².